The molecule has 0 atom stereocenters. The Balaban J connectivity index is 2.89. The van der Waals surface area contributed by atoms with E-state index in [0.717, 1.165) is 5.69 Å². The van der Waals surface area contributed by atoms with E-state index in [1.54, 1.807) is 18.2 Å². The van der Waals surface area contributed by atoms with Crippen LogP contribution in [-0.2, 0) is 0 Å². The molecule has 0 aliphatic heterocycles. The van der Waals surface area contributed by atoms with Gasteiger partial charge in [-0.15, -0.1) is 0 Å². The SMILES string of the molecule is CC(C)Nc1cc(NC(=O)O)ccc1Cl. The number of hydrogen-bond acceptors (Lipinski definition) is 2. The average Bonchev–Trinajstić information content (AvgIpc) is 2.09. The molecule has 4 nitrogen and oxygen atoms in total. The molecular formula is C10H13ClN2O2. The molecule has 1 aromatic rings. The summed E-state index contributed by atoms with van der Waals surface area (Å²) >= 11 is 5.94. The number of hydrogen-bond donors (Lipinski definition) is 3. The second-order valence-electron chi connectivity index (χ2n) is 3.42. The Hall–Kier alpha value is -1.42. The smallest absolute Gasteiger partial charge is 0.409 e. The van der Waals surface area contributed by atoms with E-state index in [9.17, 15) is 4.79 Å². The van der Waals surface area contributed by atoms with Gasteiger partial charge < -0.3 is 10.4 Å². The van der Waals surface area contributed by atoms with E-state index >= 15 is 0 Å². The van der Waals surface area contributed by atoms with E-state index < -0.39 is 6.09 Å². The van der Waals surface area contributed by atoms with Gasteiger partial charge in [-0.1, -0.05) is 11.6 Å². The molecule has 5 heteroatoms. The van der Waals surface area contributed by atoms with Crippen molar-refractivity contribution in [2.24, 2.45) is 0 Å². The summed E-state index contributed by atoms with van der Waals surface area (Å²) in [6.07, 6.45) is -1.09. The average molecular weight is 229 g/mol. The molecule has 0 spiro atoms. The van der Waals surface area contributed by atoms with Crippen molar-refractivity contribution in [1.29, 1.82) is 0 Å². The van der Waals surface area contributed by atoms with Crippen LogP contribution < -0.4 is 10.6 Å². The number of rotatable bonds is 3. The molecule has 3 N–H and O–H groups in total. The van der Waals surface area contributed by atoms with E-state index in [4.69, 9.17) is 16.7 Å². The fourth-order valence-electron chi connectivity index (χ4n) is 1.15. The molecule has 82 valence electrons. The van der Waals surface area contributed by atoms with Gasteiger partial charge >= 0.3 is 6.09 Å². The summed E-state index contributed by atoms with van der Waals surface area (Å²) in [6, 6.07) is 5.17. The molecule has 0 aliphatic rings. The molecule has 0 bridgehead atoms. The molecule has 0 fully saturated rings. The summed E-state index contributed by atoms with van der Waals surface area (Å²) < 4.78 is 0. The number of carbonyl (C=O) groups is 1. The maximum Gasteiger partial charge on any atom is 0.409 e. The molecule has 15 heavy (non-hydrogen) atoms. The summed E-state index contributed by atoms with van der Waals surface area (Å²) in [5.74, 6) is 0. The van der Waals surface area contributed by atoms with Crippen LogP contribution in [0.3, 0.4) is 0 Å². The summed E-state index contributed by atoms with van der Waals surface area (Å²) in [5, 5.41) is 14.5. The summed E-state index contributed by atoms with van der Waals surface area (Å²) in [6.45, 7) is 3.96. The van der Waals surface area contributed by atoms with Gasteiger partial charge in [-0.3, -0.25) is 5.32 Å². The van der Waals surface area contributed by atoms with Gasteiger partial charge in [0.15, 0.2) is 0 Å². The molecule has 1 amide bonds. The van der Waals surface area contributed by atoms with E-state index in [1.165, 1.54) is 0 Å². The van der Waals surface area contributed by atoms with Gasteiger partial charge in [0, 0.05) is 11.7 Å². The van der Waals surface area contributed by atoms with Gasteiger partial charge in [-0.25, -0.2) is 4.79 Å². The third-order valence-electron chi connectivity index (χ3n) is 1.66. The second kappa shape index (κ2) is 4.89. The maximum absolute atomic E-state index is 10.4. The molecule has 0 radical (unpaired) electrons. The van der Waals surface area contributed by atoms with E-state index in [1.807, 2.05) is 13.8 Å². The minimum absolute atomic E-state index is 0.238. The normalized spacial score (nSPS) is 10.1. The molecule has 0 saturated heterocycles. The topological polar surface area (TPSA) is 61.4 Å². The molecule has 0 unspecified atom stereocenters. The van der Waals surface area contributed by atoms with Crippen molar-refractivity contribution < 1.29 is 9.90 Å². The number of carboxylic acid groups (broad SMARTS) is 1. The number of anilines is 2. The largest absolute Gasteiger partial charge is 0.465 e. The number of nitrogens with one attached hydrogen (secondary N) is 2. The van der Waals surface area contributed by atoms with Gasteiger partial charge in [0.1, 0.15) is 0 Å². The Morgan fingerprint density at radius 1 is 1.47 bits per heavy atom. The van der Waals surface area contributed by atoms with Crippen LogP contribution in [0.4, 0.5) is 16.2 Å². The molecule has 0 saturated carbocycles. The van der Waals surface area contributed by atoms with Crippen LogP contribution in [0.25, 0.3) is 0 Å². The van der Waals surface area contributed by atoms with Crippen LogP contribution in [0.1, 0.15) is 13.8 Å². The lowest BCUT2D eigenvalue weighted by Gasteiger charge is -2.12. The number of halogens is 1. The first-order valence-corrected chi connectivity index (χ1v) is 4.93. The Morgan fingerprint density at radius 2 is 2.13 bits per heavy atom. The minimum atomic E-state index is -1.09. The van der Waals surface area contributed by atoms with E-state index in [2.05, 4.69) is 10.6 Å². The Bertz CT molecular complexity index is 366. The van der Waals surface area contributed by atoms with Gasteiger partial charge in [0.2, 0.25) is 0 Å². The first kappa shape index (κ1) is 11.7. The number of amides is 1. The van der Waals surface area contributed by atoms with E-state index in [0.29, 0.717) is 10.7 Å². The van der Waals surface area contributed by atoms with Crippen molar-refractivity contribution in [2.45, 2.75) is 19.9 Å². The fourth-order valence-corrected chi connectivity index (χ4v) is 1.32. The second-order valence-corrected chi connectivity index (χ2v) is 3.83. The highest BCUT2D eigenvalue weighted by atomic mass is 35.5. The van der Waals surface area contributed by atoms with Crippen molar-refractivity contribution in [1.82, 2.24) is 0 Å². The minimum Gasteiger partial charge on any atom is -0.465 e. The molecule has 0 aliphatic carbocycles. The van der Waals surface area contributed by atoms with Crippen molar-refractivity contribution >= 4 is 29.1 Å². The van der Waals surface area contributed by atoms with Crippen LogP contribution in [0.2, 0.25) is 5.02 Å². The molecule has 1 rings (SSSR count). The lowest BCUT2D eigenvalue weighted by atomic mass is 10.2. The lowest BCUT2D eigenvalue weighted by molar-refractivity contribution is 0.210. The monoisotopic (exact) mass is 228 g/mol. The Labute approximate surface area is 93.2 Å². The highest BCUT2D eigenvalue weighted by molar-refractivity contribution is 6.33. The first-order chi connectivity index (χ1) is 6.99. The zero-order valence-electron chi connectivity index (χ0n) is 8.54. The predicted octanol–water partition coefficient (Wildman–Crippen LogP) is 3.25. The quantitative estimate of drug-likeness (QED) is 0.744. The van der Waals surface area contributed by atoms with Crippen molar-refractivity contribution in [3.05, 3.63) is 23.2 Å². The van der Waals surface area contributed by atoms with Gasteiger partial charge in [0.25, 0.3) is 0 Å². The van der Waals surface area contributed by atoms with Crippen molar-refractivity contribution in [3.8, 4) is 0 Å². The van der Waals surface area contributed by atoms with Crippen molar-refractivity contribution in [2.75, 3.05) is 10.6 Å². The van der Waals surface area contributed by atoms with Gasteiger partial charge in [-0.05, 0) is 32.0 Å². The molecule has 0 heterocycles. The number of benzene rings is 1. The highest BCUT2D eigenvalue weighted by Gasteiger charge is 2.04. The fraction of sp³-hybridized carbons (Fsp3) is 0.300. The molecule has 1 aromatic carbocycles. The Morgan fingerprint density at radius 3 is 2.67 bits per heavy atom. The summed E-state index contributed by atoms with van der Waals surface area (Å²) in [5.41, 5.74) is 1.22. The standard InChI is InChI=1S/C10H13ClN2O2/c1-6(2)12-9-5-7(13-10(14)15)3-4-8(9)11/h3-6,12-13H,1-2H3,(H,14,15). The van der Waals surface area contributed by atoms with Crippen LogP contribution in [0, 0.1) is 0 Å². The van der Waals surface area contributed by atoms with Crippen LogP contribution in [-0.4, -0.2) is 17.2 Å². The first-order valence-electron chi connectivity index (χ1n) is 4.55. The summed E-state index contributed by atoms with van der Waals surface area (Å²) in [7, 11) is 0. The highest BCUT2D eigenvalue weighted by Crippen LogP contribution is 2.26. The van der Waals surface area contributed by atoms with E-state index in [-0.39, 0.29) is 6.04 Å². The van der Waals surface area contributed by atoms with Crippen LogP contribution >= 0.6 is 11.6 Å². The lowest BCUT2D eigenvalue weighted by Crippen LogP contribution is -2.11. The zero-order valence-corrected chi connectivity index (χ0v) is 9.30. The third kappa shape index (κ3) is 3.67. The Kier molecular flexibility index (Phi) is 3.80. The summed E-state index contributed by atoms with van der Waals surface area (Å²) in [4.78, 5) is 10.4. The zero-order chi connectivity index (χ0) is 11.4. The van der Waals surface area contributed by atoms with Crippen LogP contribution in [0.15, 0.2) is 18.2 Å². The van der Waals surface area contributed by atoms with Gasteiger partial charge in [0.05, 0.1) is 10.7 Å². The van der Waals surface area contributed by atoms with Gasteiger partial charge in [-0.2, -0.15) is 0 Å². The molecular weight excluding hydrogens is 216 g/mol. The van der Waals surface area contributed by atoms with Crippen LogP contribution in [0.5, 0.6) is 0 Å². The van der Waals surface area contributed by atoms with Crippen molar-refractivity contribution in [3.63, 3.8) is 0 Å². The third-order valence-corrected chi connectivity index (χ3v) is 1.99. The molecule has 0 aromatic heterocycles. The predicted molar refractivity (Wildman–Crippen MR) is 61.9 cm³/mol. The maximum atomic E-state index is 10.4.